The fourth-order valence-electron chi connectivity index (χ4n) is 1.32. The molecular weight excluding hydrogens is 183 g/mol. The van der Waals surface area contributed by atoms with Crippen LogP contribution in [0.25, 0.3) is 0 Å². The van der Waals surface area contributed by atoms with Crippen molar-refractivity contribution in [3.05, 3.63) is 0 Å². The van der Waals surface area contributed by atoms with Crippen LogP contribution in [-0.2, 0) is 0 Å². The Balaban J connectivity index is 0.000001000. The minimum atomic E-state index is 0. The maximum absolute atomic E-state index is 6.10. The summed E-state index contributed by atoms with van der Waals surface area (Å²) >= 11 is 6.10. The predicted molar refractivity (Wildman–Crippen MR) is 51.4 cm³/mol. The van der Waals surface area contributed by atoms with Gasteiger partial charge in [-0.15, -0.1) is 12.4 Å². The van der Waals surface area contributed by atoms with E-state index < -0.39 is 0 Å². The third kappa shape index (κ3) is 2.48. The molecule has 0 aliphatic carbocycles. The summed E-state index contributed by atoms with van der Waals surface area (Å²) in [6.45, 7) is 8.66. The van der Waals surface area contributed by atoms with E-state index in [1.165, 1.54) is 0 Å². The van der Waals surface area contributed by atoms with Crippen LogP contribution in [0.5, 0.6) is 0 Å². The predicted octanol–water partition coefficient (Wildman–Crippen LogP) is 1.59. The molecule has 0 saturated carbocycles. The van der Waals surface area contributed by atoms with E-state index in [4.69, 9.17) is 11.6 Å². The van der Waals surface area contributed by atoms with Gasteiger partial charge < -0.3 is 0 Å². The molecule has 2 nitrogen and oxygen atoms in total. The summed E-state index contributed by atoms with van der Waals surface area (Å²) in [7, 11) is 0. The minimum absolute atomic E-state index is 0. The molecule has 0 aromatic carbocycles. The molecule has 0 amide bonds. The summed E-state index contributed by atoms with van der Waals surface area (Å²) in [4.78, 5) is 4.54. The SMILES string of the molecule is CCN1CCN(CC)C1Cl.Cl. The second-order valence-electron chi connectivity index (χ2n) is 2.57. The third-order valence-corrected chi connectivity index (χ3v) is 2.64. The van der Waals surface area contributed by atoms with Gasteiger partial charge in [-0.2, -0.15) is 0 Å². The van der Waals surface area contributed by atoms with E-state index >= 15 is 0 Å². The van der Waals surface area contributed by atoms with Crippen LogP contribution in [0.15, 0.2) is 0 Å². The number of hydrogen-bond donors (Lipinski definition) is 0. The van der Waals surface area contributed by atoms with Gasteiger partial charge in [-0.05, 0) is 13.1 Å². The van der Waals surface area contributed by atoms with Crippen molar-refractivity contribution in [2.75, 3.05) is 26.2 Å². The standard InChI is InChI=1S/C7H15ClN2.ClH/c1-3-9-5-6-10(4-2)7(9)8;/h7H,3-6H2,1-2H3;1H. The molecule has 1 heterocycles. The first-order chi connectivity index (χ1) is 4.79. The highest BCUT2D eigenvalue weighted by atomic mass is 35.5. The van der Waals surface area contributed by atoms with Crippen molar-refractivity contribution < 1.29 is 0 Å². The van der Waals surface area contributed by atoms with Gasteiger partial charge in [0.15, 0.2) is 0 Å². The summed E-state index contributed by atoms with van der Waals surface area (Å²) < 4.78 is 0. The van der Waals surface area contributed by atoms with Gasteiger partial charge in [-0.3, -0.25) is 9.80 Å². The van der Waals surface area contributed by atoms with E-state index in [9.17, 15) is 0 Å². The van der Waals surface area contributed by atoms with Crippen LogP contribution in [0.1, 0.15) is 13.8 Å². The third-order valence-electron chi connectivity index (χ3n) is 2.09. The molecule has 11 heavy (non-hydrogen) atoms. The molecule has 4 heteroatoms. The number of hydrogen-bond acceptors (Lipinski definition) is 2. The van der Waals surface area contributed by atoms with Gasteiger partial charge >= 0.3 is 0 Å². The van der Waals surface area contributed by atoms with Crippen molar-refractivity contribution in [2.24, 2.45) is 0 Å². The van der Waals surface area contributed by atoms with Crippen LogP contribution in [0.3, 0.4) is 0 Å². The van der Waals surface area contributed by atoms with Crippen molar-refractivity contribution in [1.82, 2.24) is 9.80 Å². The van der Waals surface area contributed by atoms with Gasteiger partial charge in [0.2, 0.25) is 0 Å². The van der Waals surface area contributed by atoms with Crippen LogP contribution in [0, 0.1) is 0 Å². The molecule has 0 spiro atoms. The Morgan fingerprint density at radius 3 is 1.73 bits per heavy atom. The van der Waals surface area contributed by atoms with Crippen LogP contribution >= 0.6 is 24.0 Å². The Morgan fingerprint density at radius 1 is 1.18 bits per heavy atom. The highest BCUT2D eigenvalue weighted by Gasteiger charge is 2.26. The number of alkyl halides is 1. The summed E-state index contributed by atoms with van der Waals surface area (Å²) in [5, 5.41) is 0. The number of likely N-dealkylation sites (N-methyl/N-ethyl adjacent to an activating group) is 2. The van der Waals surface area contributed by atoms with Crippen molar-refractivity contribution in [3.8, 4) is 0 Å². The molecule has 1 aliphatic heterocycles. The first kappa shape index (κ1) is 11.5. The Hall–Kier alpha value is 0.500. The highest BCUT2D eigenvalue weighted by Crippen LogP contribution is 2.16. The Labute approximate surface area is 79.9 Å². The van der Waals surface area contributed by atoms with E-state index in [-0.39, 0.29) is 18.0 Å². The summed E-state index contributed by atoms with van der Waals surface area (Å²) in [5.74, 6) is 0. The number of halogens is 2. The topological polar surface area (TPSA) is 6.48 Å². The highest BCUT2D eigenvalue weighted by molar-refractivity contribution is 6.20. The molecule has 0 N–H and O–H groups in total. The largest absolute Gasteiger partial charge is 0.274 e. The second kappa shape index (κ2) is 5.20. The van der Waals surface area contributed by atoms with E-state index in [0.29, 0.717) is 0 Å². The molecule has 0 aromatic heterocycles. The van der Waals surface area contributed by atoms with Crippen LogP contribution in [0.2, 0.25) is 0 Å². The minimum Gasteiger partial charge on any atom is -0.274 e. The first-order valence-electron chi connectivity index (χ1n) is 3.91. The average Bonchev–Trinajstić information content (AvgIpc) is 2.30. The molecule has 1 rings (SSSR count). The lowest BCUT2D eigenvalue weighted by Crippen LogP contribution is -2.33. The maximum atomic E-state index is 6.10. The van der Waals surface area contributed by atoms with E-state index in [1.54, 1.807) is 0 Å². The molecule has 1 fully saturated rings. The number of nitrogens with zero attached hydrogens (tertiary/aromatic N) is 2. The van der Waals surface area contributed by atoms with Crippen LogP contribution < -0.4 is 0 Å². The fourth-order valence-corrected chi connectivity index (χ4v) is 1.79. The van der Waals surface area contributed by atoms with Crippen molar-refractivity contribution >= 4 is 24.0 Å². The lowest BCUT2D eigenvalue weighted by atomic mass is 10.6. The summed E-state index contributed by atoms with van der Waals surface area (Å²) in [6, 6.07) is 0. The Bertz CT molecular complexity index is 98.6. The Kier molecular flexibility index (Phi) is 5.44. The zero-order chi connectivity index (χ0) is 7.56. The van der Waals surface area contributed by atoms with Gasteiger partial charge in [-0.25, -0.2) is 0 Å². The van der Waals surface area contributed by atoms with Gasteiger partial charge in [0, 0.05) is 13.1 Å². The molecule has 1 aliphatic rings. The normalized spacial score (nSPS) is 22.1. The quantitative estimate of drug-likeness (QED) is 0.492. The fraction of sp³-hybridized carbons (Fsp3) is 1.00. The van der Waals surface area contributed by atoms with Gasteiger partial charge in [0.25, 0.3) is 0 Å². The van der Waals surface area contributed by atoms with Gasteiger partial charge in [0.05, 0.1) is 0 Å². The lowest BCUT2D eigenvalue weighted by molar-refractivity contribution is 0.222. The summed E-state index contributed by atoms with van der Waals surface area (Å²) in [6.07, 6.45) is 0. The average molecular weight is 199 g/mol. The van der Waals surface area contributed by atoms with Crippen LogP contribution in [0.4, 0.5) is 0 Å². The zero-order valence-electron chi connectivity index (χ0n) is 7.09. The van der Waals surface area contributed by atoms with Crippen molar-refractivity contribution in [2.45, 2.75) is 19.5 Å². The Morgan fingerprint density at radius 2 is 1.55 bits per heavy atom. The van der Waals surface area contributed by atoms with E-state index in [0.717, 1.165) is 26.2 Å². The zero-order valence-corrected chi connectivity index (χ0v) is 8.66. The second-order valence-corrected chi connectivity index (χ2v) is 2.96. The first-order valence-corrected chi connectivity index (χ1v) is 4.35. The molecule has 0 atom stereocenters. The monoisotopic (exact) mass is 198 g/mol. The van der Waals surface area contributed by atoms with E-state index in [1.807, 2.05) is 0 Å². The maximum Gasteiger partial charge on any atom is 0.140 e. The smallest absolute Gasteiger partial charge is 0.140 e. The van der Waals surface area contributed by atoms with Gasteiger partial charge in [-0.1, -0.05) is 25.4 Å². The van der Waals surface area contributed by atoms with Crippen molar-refractivity contribution in [1.29, 1.82) is 0 Å². The molecule has 1 saturated heterocycles. The molecule has 68 valence electrons. The van der Waals surface area contributed by atoms with Crippen molar-refractivity contribution in [3.63, 3.8) is 0 Å². The number of rotatable bonds is 2. The molecule has 0 bridgehead atoms. The molecular formula is C7H16Cl2N2. The van der Waals surface area contributed by atoms with Crippen LogP contribution in [-0.4, -0.2) is 41.6 Å². The lowest BCUT2D eigenvalue weighted by Gasteiger charge is -2.21. The van der Waals surface area contributed by atoms with E-state index in [2.05, 4.69) is 23.6 Å². The molecule has 0 aromatic rings. The van der Waals surface area contributed by atoms with Gasteiger partial charge in [0.1, 0.15) is 5.62 Å². The molecule has 0 unspecified atom stereocenters. The molecule has 0 radical (unpaired) electrons. The summed E-state index contributed by atoms with van der Waals surface area (Å²) in [5.41, 5.74) is 0.148.